The molecule has 0 saturated carbocycles. The molecule has 0 radical (unpaired) electrons. The van der Waals surface area contributed by atoms with Crippen LogP contribution in [0.15, 0.2) is 60.7 Å². The van der Waals surface area contributed by atoms with Crippen molar-refractivity contribution in [3.63, 3.8) is 0 Å². The van der Waals surface area contributed by atoms with Crippen molar-refractivity contribution in [2.45, 2.75) is 13.2 Å². The third-order valence-electron chi connectivity index (χ3n) is 2.55. The van der Waals surface area contributed by atoms with Gasteiger partial charge in [0.2, 0.25) is 0 Å². The molecular weight excluding hydrogens is 299 g/mol. The van der Waals surface area contributed by atoms with E-state index in [9.17, 15) is 4.57 Å². The molecule has 6 heteroatoms. The van der Waals surface area contributed by atoms with Gasteiger partial charge in [0, 0.05) is 0 Å². The lowest BCUT2D eigenvalue weighted by molar-refractivity contribution is 0.146. The fourth-order valence-corrected chi connectivity index (χ4v) is 2.54. The lowest BCUT2D eigenvalue weighted by atomic mass is 10.2. The molecule has 4 nitrogen and oxygen atoms in total. The van der Waals surface area contributed by atoms with E-state index in [1.165, 1.54) is 0 Å². The summed E-state index contributed by atoms with van der Waals surface area (Å²) in [6.07, 6.45) is 0. The van der Waals surface area contributed by atoms with Gasteiger partial charge in [-0.05, 0) is 11.1 Å². The van der Waals surface area contributed by atoms with Crippen LogP contribution in [0.4, 0.5) is 0 Å². The Morgan fingerprint density at radius 3 is 1.55 bits per heavy atom. The highest BCUT2D eigenvalue weighted by atomic mass is 35.5. The maximum absolute atomic E-state index is 12.1. The van der Waals surface area contributed by atoms with Crippen LogP contribution in [-0.2, 0) is 30.9 Å². The zero-order valence-corrected chi connectivity index (χ0v) is 12.3. The number of phosphoric acid groups is 1. The van der Waals surface area contributed by atoms with Crippen LogP contribution in [0.2, 0.25) is 0 Å². The summed E-state index contributed by atoms with van der Waals surface area (Å²) in [5, 5.41) is 0. The Bertz CT molecular complexity index is 514. The lowest BCUT2D eigenvalue weighted by Crippen LogP contribution is -1.97. The van der Waals surface area contributed by atoms with Gasteiger partial charge in [0.25, 0.3) is 0 Å². The second-order valence-corrected chi connectivity index (χ2v) is 6.00. The first kappa shape index (κ1) is 15.2. The molecule has 0 fully saturated rings. The van der Waals surface area contributed by atoms with Gasteiger partial charge in [0.15, 0.2) is 0 Å². The predicted octanol–water partition coefficient (Wildman–Crippen LogP) is 4.70. The van der Waals surface area contributed by atoms with Crippen LogP contribution in [0.25, 0.3) is 0 Å². The van der Waals surface area contributed by atoms with E-state index >= 15 is 0 Å². The Hall–Kier alpha value is -1.16. The molecule has 0 aliphatic carbocycles. The van der Waals surface area contributed by atoms with Gasteiger partial charge >= 0.3 is 7.82 Å². The van der Waals surface area contributed by atoms with Gasteiger partial charge in [-0.15, -0.1) is 0 Å². The highest BCUT2D eigenvalue weighted by Gasteiger charge is 2.26. The average Bonchev–Trinajstić information content (AvgIpc) is 2.53. The maximum atomic E-state index is 12.1. The summed E-state index contributed by atoms with van der Waals surface area (Å²) in [5.74, 6) is 0. The van der Waals surface area contributed by atoms with E-state index in [4.69, 9.17) is 20.9 Å². The molecule has 0 amide bonds. The van der Waals surface area contributed by atoms with E-state index in [2.05, 4.69) is 4.08 Å². The van der Waals surface area contributed by atoms with Crippen molar-refractivity contribution in [2.24, 2.45) is 0 Å². The summed E-state index contributed by atoms with van der Waals surface area (Å²) < 4.78 is 26.8. The zero-order chi connectivity index (χ0) is 14.3. The van der Waals surface area contributed by atoms with Gasteiger partial charge < -0.3 is 0 Å². The summed E-state index contributed by atoms with van der Waals surface area (Å²) in [6.45, 7) is 0.194. The van der Waals surface area contributed by atoms with Crippen molar-refractivity contribution in [3.05, 3.63) is 71.8 Å². The summed E-state index contributed by atoms with van der Waals surface area (Å²) in [4.78, 5) is 0. The molecule has 0 aliphatic rings. The first-order chi connectivity index (χ1) is 9.72. The van der Waals surface area contributed by atoms with E-state index in [-0.39, 0.29) is 13.2 Å². The molecule has 0 unspecified atom stereocenters. The van der Waals surface area contributed by atoms with Gasteiger partial charge in [-0.2, -0.15) is 4.08 Å². The monoisotopic (exact) mass is 312 g/mol. The topological polar surface area (TPSA) is 44.8 Å². The Kier molecular flexibility index (Phi) is 5.77. The average molecular weight is 313 g/mol. The fourth-order valence-electron chi connectivity index (χ4n) is 1.53. The van der Waals surface area contributed by atoms with E-state index < -0.39 is 7.82 Å². The molecule has 2 aromatic rings. The first-order valence-electron chi connectivity index (χ1n) is 5.99. The number of phosphoric ester groups is 1. The number of halogens is 1. The number of hydrogen-bond donors (Lipinski definition) is 0. The number of benzene rings is 2. The minimum atomic E-state index is -3.77. The normalized spacial score (nSPS) is 11.4. The summed E-state index contributed by atoms with van der Waals surface area (Å²) >= 11 is 5.23. The molecular formula is C14H14ClO4P. The second kappa shape index (κ2) is 7.58. The van der Waals surface area contributed by atoms with Crippen molar-refractivity contribution in [1.82, 2.24) is 0 Å². The molecule has 0 saturated heterocycles. The smallest absolute Gasteiger partial charge is 0.281 e. The zero-order valence-electron chi connectivity index (χ0n) is 10.6. The quantitative estimate of drug-likeness (QED) is 0.695. The highest BCUT2D eigenvalue weighted by molar-refractivity contribution is 7.49. The van der Waals surface area contributed by atoms with Crippen LogP contribution >= 0.6 is 19.7 Å². The summed E-state index contributed by atoms with van der Waals surface area (Å²) in [7, 11) is -3.77. The van der Waals surface area contributed by atoms with Crippen LogP contribution in [0.3, 0.4) is 0 Å². The molecule has 0 aromatic heterocycles. The SMILES string of the molecule is O=P(OCl)(OCc1ccccc1)OCc1ccccc1. The Morgan fingerprint density at radius 2 is 1.20 bits per heavy atom. The summed E-state index contributed by atoms with van der Waals surface area (Å²) in [5.41, 5.74) is 1.70. The molecule has 2 rings (SSSR count). The molecule has 0 spiro atoms. The molecule has 0 N–H and O–H groups in total. The van der Waals surface area contributed by atoms with Crippen LogP contribution in [-0.4, -0.2) is 0 Å². The van der Waals surface area contributed by atoms with E-state index in [1.807, 2.05) is 60.7 Å². The van der Waals surface area contributed by atoms with Gasteiger partial charge in [-0.1, -0.05) is 60.7 Å². The van der Waals surface area contributed by atoms with Crippen molar-refractivity contribution in [3.8, 4) is 0 Å². The third kappa shape index (κ3) is 4.75. The highest BCUT2D eigenvalue weighted by Crippen LogP contribution is 2.52. The molecule has 20 heavy (non-hydrogen) atoms. The van der Waals surface area contributed by atoms with Gasteiger partial charge in [0.1, 0.15) is 0 Å². The van der Waals surface area contributed by atoms with E-state index in [0.29, 0.717) is 0 Å². The largest absolute Gasteiger partial charge is 0.491 e. The Labute approximate surface area is 123 Å². The van der Waals surface area contributed by atoms with E-state index in [0.717, 1.165) is 11.1 Å². The predicted molar refractivity (Wildman–Crippen MR) is 77.0 cm³/mol. The Morgan fingerprint density at radius 1 is 0.800 bits per heavy atom. The van der Waals surface area contributed by atoms with Crippen molar-refractivity contribution in [2.75, 3.05) is 0 Å². The van der Waals surface area contributed by atoms with Gasteiger partial charge in [-0.25, -0.2) is 4.57 Å². The van der Waals surface area contributed by atoms with Crippen LogP contribution in [0.5, 0.6) is 0 Å². The minimum Gasteiger partial charge on any atom is -0.281 e. The van der Waals surface area contributed by atoms with Crippen LogP contribution in [0, 0.1) is 0 Å². The number of rotatable bonds is 7. The second-order valence-electron chi connectivity index (χ2n) is 4.03. The van der Waals surface area contributed by atoms with Gasteiger partial charge in [-0.3, -0.25) is 9.05 Å². The molecule has 0 aliphatic heterocycles. The fraction of sp³-hybridized carbons (Fsp3) is 0.143. The standard InChI is InChI=1S/C14H14ClO4P/c15-19-20(16,17-11-13-7-3-1-4-8-13)18-12-14-9-5-2-6-10-14/h1-10H,11-12H2. The molecule has 106 valence electrons. The van der Waals surface area contributed by atoms with Crippen molar-refractivity contribution >= 4 is 19.7 Å². The van der Waals surface area contributed by atoms with Crippen molar-refractivity contribution < 1.29 is 17.7 Å². The molecule has 0 heterocycles. The van der Waals surface area contributed by atoms with Gasteiger partial charge in [0.05, 0.1) is 25.1 Å². The lowest BCUT2D eigenvalue weighted by Gasteiger charge is -2.14. The molecule has 0 atom stereocenters. The Balaban J connectivity index is 1.90. The minimum absolute atomic E-state index is 0.0969. The van der Waals surface area contributed by atoms with E-state index in [1.54, 1.807) is 0 Å². The first-order valence-corrected chi connectivity index (χ1v) is 7.76. The maximum Gasteiger partial charge on any atom is 0.491 e. The molecule has 0 bridgehead atoms. The van der Waals surface area contributed by atoms with Crippen LogP contribution < -0.4 is 0 Å². The third-order valence-corrected chi connectivity index (χ3v) is 4.12. The molecule has 2 aromatic carbocycles. The summed E-state index contributed by atoms with van der Waals surface area (Å²) in [6, 6.07) is 18.6. The van der Waals surface area contributed by atoms with Crippen LogP contribution in [0.1, 0.15) is 11.1 Å². The van der Waals surface area contributed by atoms with Crippen molar-refractivity contribution in [1.29, 1.82) is 0 Å². The number of hydrogen-bond acceptors (Lipinski definition) is 4.